The molecule has 1 spiro atoms. The minimum atomic E-state index is -0.585. The SMILES string of the molecule is [3H]c1cccc2sc(N3CCC4(C3)NC(=C)NC4=O)nc12. The largest absolute Gasteiger partial charge is 0.356 e. The zero-order chi connectivity index (χ0) is 14.6. The number of anilines is 1. The number of carbonyl (C=O) groups is 1. The summed E-state index contributed by atoms with van der Waals surface area (Å²) in [6, 6.07) is 6.03. The van der Waals surface area contributed by atoms with Crippen LogP contribution in [0.15, 0.2) is 36.6 Å². The van der Waals surface area contributed by atoms with Crippen LogP contribution in [-0.4, -0.2) is 29.5 Å². The molecule has 6 heteroatoms. The molecule has 1 aromatic heterocycles. The Bertz CT molecular complexity index is 773. The van der Waals surface area contributed by atoms with Crippen LogP contribution in [0, 0.1) is 0 Å². The maximum Gasteiger partial charge on any atom is 0.253 e. The van der Waals surface area contributed by atoms with Gasteiger partial charge in [-0.25, -0.2) is 4.98 Å². The van der Waals surface area contributed by atoms with Gasteiger partial charge in [0.25, 0.3) is 5.91 Å². The quantitative estimate of drug-likeness (QED) is 0.833. The second-order valence-electron chi connectivity index (χ2n) is 5.19. The lowest BCUT2D eigenvalue weighted by Crippen LogP contribution is -2.48. The predicted molar refractivity (Wildman–Crippen MR) is 79.6 cm³/mol. The summed E-state index contributed by atoms with van der Waals surface area (Å²) in [5.41, 5.74) is 0.144. The Morgan fingerprint density at radius 2 is 2.45 bits per heavy atom. The Hall–Kier alpha value is -2.08. The summed E-state index contributed by atoms with van der Waals surface area (Å²) in [5, 5.41) is 6.78. The third-order valence-corrected chi connectivity index (χ3v) is 4.92. The van der Waals surface area contributed by atoms with Gasteiger partial charge in [-0.05, 0) is 18.5 Å². The summed E-state index contributed by atoms with van der Waals surface area (Å²) in [7, 11) is 0. The number of hydrogen-bond donors (Lipinski definition) is 2. The van der Waals surface area contributed by atoms with Crippen molar-refractivity contribution in [3.8, 4) is 0 Å². The van der Waals surface area contributed by atoms with Gasteiger partial charge in [0.15, 0.2) is 5.13 Å². The number of fused-ring (bicyclic) bond motifs is 1. The third kappa shape index (κ3) is 1.61. The molecule has 1 aromatic carbocycles. The molecule has 1 amide bonds. The van der Waals surface area contributed by atoms with Crippen molar-refractivity contribution < 1.29 is 6.17 Å². The highest BCUT2D eigenvalue weighted by atomic mass is 32.1. The van der Waals surface area contributed by atoms with Crippen LogP contribution in [0.3, 0.4) is 0 Å². The maximum absolute atomic E-state index is 12.1. The molecule has 0 saturated carbocycles. The van der Waals surface area contributed by atoms with E-state index in [2.05, 4.69) is 27.1 Å². The summed E-state index contributed by atoms with van der Waals surface area (Å²) < 4.78 is 8.91. The van der Waals surface area contributed by atoms with Crippen LogP contribution in [0.1, 0.15) is 7.79 Å². The highest BCUT2D eigenvalue weighted by molar-refractivity contribution is 7.22. The summed E-state index contributed by atoms with van der Waals surface area (Å²) >= 11 is 1.57. The number of aromatic nitrogens is 1. The molecule has 2 aromatic rings. The number of amides is 1. The summed E-state index contributed by atoms with van der Waals surface area (Å²) in [4.78, 5) is 18.8. The summed E-state index contributed by atoms with van der Waals surface area (Å²) in [5.74, 6) is 0.553. The molecule has 2 aliphatic rings. The van der Waals surface area contributed by atoms with Gasteiger partial charge in [0.1, 0.15) is 5.54 Å². The van der Waals surface area contributed by atoms with E-state index in [1.165, 1.54) is 0 Å². The monoisotopic (exact) mass is 288 g/mol. The van der Waals surface area contributed by atoms with E-state index in [4.69, 9.17) is 1.37 Å². The van der Waals surface area contributed by atoms with Crippen LogP contribution in [0.4, 0.5) is 5.13 Å². The zero-order valence-corrected chi connectivity index (χ0v) is 11.6. The first-order valence-corrected chi connectivity index (χ1v) is 7.29. The Kier molecular flexibility index (Phi) is 2.11. The molecule has 5 nitrogen and oxygen atoms in total. The standard InChI is InChI=1S/C14H14N4OS/c1-9-15-12(19)14(17-9)6-7-18(8-14)13-16-10-4-2-3-5-11(10)20-13/h2-5,17H,1,6-8H2,(H,15,19)/i4T. The molecule has 0 aliphatic carbocycles. The molecule has 0 radical (unpaired) electrons. The third-order valence-electron chi connectivity index (χ3n) is 3.83. The predicted octanol–water partition coefficient (Wildman–Crippen LogP) is 1.44. The molecule has 20 heavy (non-hydrogen) atoms. The van der Waals surface area contributed by atoms with Crippen molar-refractivity contribution in [1.29, 1.82) is 0 Å². The normalized spacial score (nSPS) is 26.2. The van der Waals surface area contributed by atoms with Crippen LogP contribution in [0.5, 0.6) is 0 Å². The molecule has 2 fully saturated rings. The molecular formula is C14H14N4OS. The molecule has 0 bridgehead atoms. The van der Waals surface area contributed by atoms with Gasteiger partial charge >= 0.3 is 0 Å². The second-order valence-corrected chi connectivity index (χ2v) is 6.20. The van der Waals surface area contributed by atoms with Crippen molar-refractivity contribution in [2.24, 2.45) is 0 Å². The molecule has 1 unspecified atom stereocenters. The molecular weight excluding hydrogens is 272 g/mol. The topological polar surface area (TPSA) is 57.3 Å². The van der Waals surface area contributed by atoms with Crippen molar-refractivity contribution in [3.63, 3.8) is 0 Å². The van der Waals surface area contributed by atoms with E-state index >= 15 is 0 Å². The zero-order valence-electron chi connectivity index (χ0n) is 11.8. The fourth-order valence-electron chi connectivity index (χ4n) is 2.83. The minimum Gasteiger partial charge on any atom is -0.356 e. The molecule has 2 aliphatic heterocycles. The van der Waals surface area contributed by atoms with Gasteiger partial charge in [0.05, 0.1) is 24.0 Å². The van der Waals surface area contributed by atoms with Crippen molar-refractivity contribution in [3.05, 3.63) is 36.6 Å². The number of nitrogens with one attached hydrogen (secondary N) is 2. The number of thiazole rings is 1. The number of rotatable bonds is 1. The fraction of sp³-hybridized carbons (Fsp3) is 0.286. The molecule has 1 atom stereocenters. The van der Waals surface area contributed by atoms with E-state index in [9.17, 15) is 4.79 Å². The highest BCUT2D eigenvalue weighted by Crippen LogP contribution is 2.34. The number of para-hydroxylation sites is 1. The lowest BCUT2D eigenvalue weighted by atomic mass is 10.00. The van der Waals surface area contributed by atoms with Crippen molar-refractivity contribution >= 4 is 32.6 Å². The molecule has 2 saturated heterocycles. The number of carbonyl (C=O) groups excluding carboxylic acids is 1. The van der Waals surface area contributed by atoms with Crippen LogP contribution in [0.25, 0.3) is 10.2 Å². The van der Waals surface area contributed by atoms with Crippen LogP contribution >= 0.6 is 11.3 Å². The van der Waals surface area contributed by atoms with E-state index in [1.807, 2.05) is 12.1 Å². The van der Waals surface area contributed by atoms with E-state index < -0.39 is 5.54 Å². The van der Waals surface area contributed by atoms with E-state index in [1.54, 1.807) is 17.4 Å². The van der Waals surface area contributed by atoms with Gasteiger partial charge in [0, 0.05) is 6.54 Å². The Morgan fingerprint density at radius 1 is 1.55 bits per heavy atom. The van der Waals surface area contributed by atoms with Crippen LogP contribution in [-0.2, 0) is 4.79 Å². The molecule has 3 heterocycles. The van der Waals surface area contributed by atoms with Crippen molar-refractivity contribution in [2.45, 2.75) is 12.0 Å². The average molecular weight is 288 g/mol. The average Bonchev–Trinajstić information content (AvgIpc) is 3.09. The number of hydrogen-bond acceptors (Lipinski definition) is 5. The van der Waals surface area contributed by atoms with E-state index in [-0.39, 0.29) is 5.91 Å². The molecule has 4 rings (SSSR count). The Balaban J connectivity index is 1.67. The minimum absolute atomic E-state index is 0.0164. The van der Waals surface area contributed by atoms with Gasteiger partial charge in [0.2, 0.25) is 0 Å². The van der Waals surface area contributed by atoms with Gasteiger partial charge < -0.3 is 15.5 Å². The first kappa shape index (κ1) is 10.7. The smallest absolute Gasteiger partial charge is 0.253 e. The first-order valence-electron chi connectivity index (χ1n) is 6.97. The Labute approximate surface area is 121 Å². The fourth-order valence-corrected chi connectivity index (χ4v) is 3.79. The number of nitrogens with zero attached hydrogens (tertiary/aromatic N) is 2. The van der Waals surface area contributed by atoms with Crippen molar-refractivity contribution in [2.75, 3.05) is 18.0 Å². The van der Waals surface area contributed by atoms with Crippen LogP contribution in [0.2, 0.25) is 0 Å². The molecule has 2 N–H and O–H groups in total. The lowest BCUT2D eigenvalue weighted by Gasteiger charge is -2.21. The highest BCUT2D eigenvalue weighted by Gasteiger charge is 2.49. The molecule has 102 valence electrons. The van der Waals surface area contributed by atoms with Crippen molar-refractivity contribution in [1.82, 2.24) is 15.6 Å². The second kappa shape index (κ2) is 3.96. The van der Waals surface area contributed by atoms with Crippen LogP contribution < -0.4 is 15.5 Å². The maximum atomic E-state index is 12.1. The van der Waals surface area contributed by atoms with Gasteiger partial charge in [-0.1, -0.05) is 30.0 Å². The lowest BCUT2D eigenvalue weighted by molar-refractivity contribution is -0.123. The van der Waals surface area contributed by atoms with Gasteiger partial charge in [-0.2, -0.15) is 0 Å². The summed E-state index contributed by atoms with van der Waals surface area (Å²) in [6.45, 7) is 5.11. The van der Waals surface area contributed by atoms with E-state index in [0.717, 1.165) is 28.3 Å². The Morgan fingerprint density at radius 3 is 3.20 bits per heavy atom. The van der Waals surface area contributed by atoms with Gasteiger partial charge in [-0.3, -0.25) is 4.79 Å². The van der Waals surface area contributed by atoms with Gasteiger partial charge in [-0.15, -0.1) is 0 Å². The summed E-state index contributed by atoms with van der Waals surface area (Å²) in [6.07, 6.45) is 0.724. The number of benzene rings is 1. The van der Waals surface area contributed by atoms with E-state index in [0.29, 0.717) is 18.4 Å². The first-order chi connectivity index (χ1) is 10.1.